The van der Waals surface area contributed by atoms with Gasteiger partial charge in [-0.2, -0.15) is 23.4 Å². The van der Waals surface area contributed by atoms with E-state index in [1.54, 1.807) is 12.4 Å². The molecule has 0 saturated carbocycles. The van der Waals surface area contributed by atoms with E-state index in [4.69, 9.17) is 9.47 Å². The number of ether oxygens (including phenoxy) is 2. The fourth-order valence-corrected chi connectivity index (χ4v) is 6.08. The molecule has 2 aromatic heterocycles. The van der Waals surface area contributed by atoms with Gasteiger partial charge in [-0.05, 0) is 70.8 Å². The summed E-state index contributed by atoms with van der Waals surface area (Å²) in [4.78, 5) is 3.96. The number of hydrogen-bond donors (Lipinski definition) is 2. The minimum absolute atomic E-state index is 0.0508. The van der Waals surface area contributed by atoms with Crippen LogP contribution in [0.4, 0.5) is 24.5 Å². The zero-order chi connectivity index (χ0) is 29.8. The van der Waals surface area contributed by atoms with Crippen LogP contribution in [0, 0.1) is 0 Å². The van der Waals surface area contributed by atoms with E-state index in [9.17, 15) is 13.2 Å². The van der Waals surface area contributed by atoms with Crippen LogP contribution in [0.25, 0.3) is 44.1 Å². The Labute approximate surface area is 250 Å². The maximum Gasteiger partial charge on any atom is 0.415 e. The molecule has 44 heavy (non-hydrogen) atoms. The minimum Gasteiger partial charge on any atom is -0.453 e. The van der Waals surface area contributed by atoms with Gasteiger partial charge in [0.1, 0.15) is 0 Å². The van der Waals surface area contributed by atoms with Crippen LogP contribution in [-0.2, 0) is 4.74 Å². The highest BCUT2D eigenvalue weighted by Gasteiger charge is 2.43. The van der Waals surface area contributed by atoms with E-state index in [2.05, 4.69) is 37.4 Å². The van der Waals surface area contributed by atoms with Gasteiger partial charge in [0, 0.05) is 37.0 Å². The number of aromatic amines is 2. The Morgan fingerprint density at radius 1 is 0.727 bits per heavy atom. The maximum atomic E-state index is 13.4. The van der Waals surface area contributed by atoms with Gasteiger partial charge in [0.25, 0.3) is 0 Å². The number of nitrogens with one attached hydrogen (secondary N) is 2. The first-order chi connectivity index (χ1) is 21.4. The van der Waals surface area contributed by atoms with Crippen LogP contribution < -0.4 is 9.64 Å². The zero-order valence-corrected chi connectivity index (χ0v) is 23.4. The lowest BCUT2D eigenvalue weighted by Gasteiger charge is -2.37. The zero-order valence-electron chi connectivity index (χ0n) is 23.4. The molecule has 8 rings (SSSR count). The van der Waals surface area contributed by atoms with E-state index < -0.39 is 12.3 Å². The largest absolute Gasteiger partial charge is 0.453 e. The van der Waals surface area contributed by atoms with Crippen LogP contribution in [0.5, 0.6) is 11.5 Å². The number of alkyl halides is 3. The topological polar surface area (TPSA) is 82.3 Å². The third-order valence-corrected chi connectivity index (χ3v) is 8.42. The quantitative estimate of drug-likeness (QED) is 0.218. The molecule has 2 aliphatic rings. The first-order valence-corrected chi connectivity index (χ1v) is 14.4. The third kappa shape index (κ3) is 4.83. The lowest BCUT2D eigenvalue weighted by molar-refractivity contribution is -0.236. The van der Waals surface area contributed by atoms with Gasteiger partial charge in [-0.25, -0.2) is 0 Å². The lowest BCUT2D eigenvalue weighted by Crippen LogP contribution is -2.50. The van der Waals surface area contributed by atoms with Crippen LogP contribution in [0.1, 0.15) is 0 Å². The second kappa shape index (κ2) is 10.4. The molecule has 11 heteroatoms. The molecule has 2 aliphatic heterocycles. The van der Waals surface area contributed by atoms with E-state index in [0.717, 1.165) is 55.4 Å². The van der Waals surface area contributed by atoms with Crippen LogP contribution in [-0.4, -0.2) is 70.4 Å². The SMILES string of the molecule is FC(F)(F)C1CN(CCN2c3ccc(-c4ccc5[nH]ncc5c4)cc3Oc3cc(-c4ccc5[nH]ncc5c4)ccc32)CCO1. The molecule has 0 spiro atoms. The van der Waals surface area contributed by atoms with Crippen LogP contribution in [0.15, 0.2) is 85.2 Å². The van der Waals surface area contributed by atoms with Crippen molar-refractivity contribution in [2.45, 2.75) is 12.3 Å². The van der Waals surface area contributed by atoms with E-state index >= 15 is 0 Å². The van der Waals surface area contributed by atoms with Gasteiger partial charge in [0.2, 0.25) is 0 Å². The molecular formula is C33H27F3N6O2. The number of fused-ring (bicyclic) bond motifs is 4. The van der Waals surface area contributed by atoms with Gasteiger partial charge in [-0.1, -0.05) is 24.3 Å². The second-order valence-electron chi connectivity index (χ2n) is 11.2. The molecule has 1 unspecified atom stereocenters. The Hall–Kier alpha value is -4.87. The smallest absolute Gasteiger partial charge is 0.415 e. The van der Waals surface area contributed by atoms with Crippen molar-refractivity contribution in [1.29, 1.82) is 0 Å². The molecule has 0 amide bonds. The van der Waals surface area contributed by atoms with Gasteiger partial charge in [0.15, 0.2) is 17.6 Å². The molecule has 8 nitrogen and oxygen atoms in total. The van der Waals surface area contributed by atoms with Crippen LogP contribution in [0.2, 0.25) is 0 Å². The molecule has 1 saturated heterocycles. The summed E-state index contributed by atoms with van der Waals surface area (Å²) in [6.45, 7) is 1.23. The maximum absolute atomic E-state index is 13.4. The summed E-state index contributed by atoms with van der Waals surface area (Å²) in [6.07, 6.45) is -2.57. The summed E-state index contributed by atoms with van der Waals surface area (Å²) in [5, 5.41) is 16.2. The molecule has 2 N–H and O–H groups in total. The highest BCUT2D eigenvalue weighted by Crippen LogP contribution is 2.49. The Kier molecular flexibility index (Phi) is 6.31. The predicted octanol–water partition coefficient (Wildman–Crippen LogP) is 7.28. The molecule has 4 heterocycles. The average molecular weight is 597 g/mol. The number of morpholine rings is 1. The molecule has 0 radical (unpaired) electrons. The number of rotatable bonds is 5. The third-order valence-electron chi connectivity index (χ3n) is 8.42. The number of hydrogen-bond acceptors (Lipinski definition) is 6. The van der Waals surface area contributed by atoms with Gasteiger partial charge in [-0.15, -0.1) is 0 Å². The normalized spacial score (nSPS) is 17.1. The number of aromatic nitrogens is 4. The number of halogens is 3. The molecular weight excluding hydrogens is 569 g/mol. The molecule has 1 atom stereocenters. The number of nitrogens with zero attached hydrogens (tertiary/aromatic N) is 4. The summed E-state index contributed by atoms with van der Waals surface area (Å²) in [5.41, 5.74) is 7.65. The Morgan fingerprint density at radius 3 is 1.84 bits per heavy atom. The fourth-order valence-electron chi connectivity index (χ4n) is 6.08. The highest BCUT2D eigenvalue weighted by molar-refractivity contribution is 5.88. The molecule has 222 valence electrons. The van der Waals surface area contributed by atoms with E-state index in [0.29, 0.717) is 31.1 Å². The van der Waals surface area contributed by atoms with Crippen molar-refractivity contribution in [3.05, 3.63) is 85.2 Å². The van der Waals surface area contributed by atoms with Crippen LogP contribution in [0.3, 0.4) is 0 Å². The van der Waals surface area contributed by atoms with Crippen LogP contribution >= 0.6 is 0 Å². The number of anilines is 2. The van der Waals surface area contributed by atoms with Crippen molar-refractivity contribution in [3.63, 3.8) is 0 Å². The Balaban J connectivity index is 1.15. The fraction of sp³-hybridized carbons (Fsp3) is 0.212. The molecule has 0 bridgehead atoms. The standard InChI is InChI=1S/C33H27F3N6O2/c34-33(35,36)32-19-41(11-12-43-32)9-10-42-28-7-3-22(20-1-5-26-24(13-20)17-37-39-26)15-30(28)44-31-16-23(4-8-29(31)42)21-2-6-27-25(14-21)18-38-40-27/h1-8,13-18,32H,9-12,19H2,(H,37,39)(H,38,40). The summed E-state index contributed by atoms with van der Waals surface area (Å²) < 4.78 is 51.8. The monoisotopic (exact) mass is 596 g/mol. The van der Waals surface area contributed by atoms with Crippen molar-refractivity contribution >= 4 is 33.2 Å². The van der Waals surface area contributed by atoms with E-state index in [-0.39, 0.29) is 13.2 Å². The van der Waals surface area contributed by atoms with Gasteiger partial charge in [-0.3, -0.25) is 15.1 Å². The van der Waals surface area contributed by atoms with Crippen molar-refractivity contribution in [2.75, 3.05) is 37.7 Å². The second-order valence-corrected chi connectivity index (χ2v) is 11.2. The first kappa shape index (κ1) is 26.7. The Morgan fingerprint density at radius 2 is 1.27 bits per heavy atom. The van der Waals surface area contributed by atoms with Crippen molar-refractivity contribution in [1.82, 2.24) is 25.3 Å². The highest BCUT2D eigenvalue weighted by atomic mass is 19.4. The van der Waals surface area contributed by atoms with E-state index in [1.165, 1.54) is 0 Å². The first-order valence-electron chi connectivity index (χ1n) is 14.4. The summed E-state index contributed by atoms with van der Waals surface area (Å²) in [5.74, 6) is 1.36. The molecule has 6 aromatic rings. The number of benzene rings is 4. The molecule has 1 fully saturated rings. The lowest BCUT2D eigenvalue weighted by atomic mass is 10.0. The van der Waals surface area contributed by atoms with E-state index in [1.807, 2.05) is 65.6 Å². The number of H-pyrrole nitrogens is 2. The van der Waals surface area contributed by atoms with Gasteiger partial charge < -0.3 is 14.4 Å². The minimum atomic E-state index is -4.39. The summed E-state index contributed by atoms with van der Waals surface area (Å²) in [6, 6.07) is 24.4. The summed E-state index contributed by atoms with van der Waals surface area (Å²) in [7, 11) is 0. The molecule has 4 aromatic carbocycles. The Bertz CT molecular complexity index is 1880. The van der Waals surface area contributed by atoms with Gasteiger partial charge in [0.05, 0.1) is 41.4 Å². The molecule has 0 aliphatic carbocycles. The van der Waals surface area contributed by atoms with Crippen molar-refractivity contribution in [3.8, 4) is 33.8 Å². The van der Waals surface area contributed by atoms with Gasteiger partial charge >= 0.3 is 6.18 Å². The summed E-state index contributed by atoms with van der Waals surface area (Å²) >= 11 is 0. The van der Waals surface area contributed by atoms with Crippen molar-refractivity contribution in [2.24, 2.45) is 0 Å². The van der Waals surface area contributed by atoms with Crippen molar-refractivity contribution < 1.29 is 22.6 Å². The predicted molar refractivity (Wildman–Crippen MR) is 162 cm³/mol. The average Bonchev–Trinajstić information content (AvgIpc) is 3.71.